The van der Waals surface area contributed by atoms with Gasteiger partial charge in [0, 0.05) is 13.5 Å². The lowest BCUT2D eigenvalue weighted by molar-refractivity contribution is -0.279. The van der Waals surface area contributed by atoms with Crippen molar-refractivity contribution in [3.63, 3.8) is 0 Å². The van der Waals surface area contributed by atoms with Crippen molar-refractivity contribution in [3.8, 4) is 12.3 Å². The van der Waals surface area contributed by atoms with E-state index in [0.29, 0.717) is 0 Å². The van der Waals surface area contributed by atoms with Crippen molar-refractivity contribution >= 4 is 6.16 Å². The van der Waals surface area contributed by atoms with Crippen molar-refractivity contribution in [2.24, 2.45) is 0 Å². The smallest absolute Gasteiger partial charge is 0.251 e. The first kappa shape index (κ1) is 16.3. The molecule has 0 aromatic rings. The zero-order valence-corrected chi connectivity index (χ0v) is 9.75. The number of terminal acetylenes is 1. The van der Waals surface area contributed by atoms with Crippen LogP contribution in [0.4, 0.5) is 4.79 Å². The van der Waals surface area contributed by atoms with E-state index in [4.69, 9.17) is 16.3 Å². The number of carbonyl (C=O) groups is 1. The molecule has 0 unspecified atom stereocenters. The number of carbonyl (C=O) groups excluding carboxylic acids is 1. The third-order valence-corrected chi connectivity index (χ3v) is 1.84. The lowest BCUT2D eigenvalue weighted by Crippen LogP contribution is -2.21. The van der Waals surface area contributed by atoms with Gasteiger partial charge in [-0.25, -0.2) is 0 Å². The fourth-order valence-corrected chi connectivity index (χ4v) is 1.01. The Morgan fingerprint density at radius 3 is 2.13 bits per heavy atom. The average molecular weight is 213 g/mol. The number of unbranched alkanes of at least 4 members (excludes halogenated alkanes) is 6. The number of rotatable bonds is 6. The van der Waals surface area contributed by atoms with Gasteiger partial charge >= 0.3 is 0 Å². The molecule has 0 fully saturated rings. The molecule has 0 amide bonds. The maximum atomic E-state index is 9.03. The van der Waals surface area contributed by atoms with Crippen LogP contribution < -0.4 is 5.11 Å². The Morgan fingerprint density at radius 2 is 1.73 bits per heavy atom. The number of hydrogen-bond acceptors (Lipinski definition) is 3. The second-order valence-corrected chi connectivity index (χ2v) is 3.18. The molecule has 0 aliphatic carbocycles. The zero-order chi connectivity index (χ0) is 11.9. The van der Waals surface area contributed by atoms with E-state index >= 15 is 0 Å². The van der Waals surface area contributed by atoms with E-state index in [-0.39, 0.29) is 0 Å². The topological polar surface area (TPSA) is 49.4 Å². The number of carboxylic acid groups (broad SMARTS) is 1. The molecular formula is C12H21O3-. The van der Waals surface area contributed by atoms with Crippen LogP contribution in [0, 0.1) is 12.3 Å². The summed E-state index contributed by atoms with van der Waals surface area (Å²) in [6.07, 6.45) is 12.6. The van der Waals surface area contributed by atoms with Gasteiger partial charge in [-0.2, -0.15) is 0 Å². The summed E-state index contributed by atoms with van der Waals surface area (Å²) in [4.78, 5) is 9.03. The molecule has 0 aromatic heterocycles. The van der Waals surface area contributed by atoms with E-state index in [2.05, 4.69) is 17.6 Å². The van der Waals surface area contributed by atoms with Gasteiger partial charge in [-0.3, -0.25) is 0 Å². The molecule has 88 valence electrons. The Kier molecular flexibility index (Phi) is 16.6. The third-order valence-electron chi connectivity index (χ3n) is 1.84. The summed E-state index contributed by atoms with van der Waals surface area (Å²) in [5.41, 5.74) is 0. The maximum absolute atomic E-state index is 9.03. The number of ether oxygens (including phenoxy) is 1. The van der Waals surface area contributed by atoms with Crippen molar-refractivity contribution in [1.29, 1.82) is 0 Å². The van der Waals surface area contributed by atoms with E-state index < -0.39 is 6.16 Å². The quantitative estimate of drug-likeness (QED) is 0.386. The van der Waals surface area contributed by atoms with Crippen LogP contribution in [0.5, 0.6) is 0 Å². The first-order valence-corrected chi connectivity index (χ1v) is 5.37. The standard InChI is InChI=1S/C10H18.C2H4O3/c1-3-5-7-9-10-8-6-4-2;1-5-2(3)4/h1H,4-10H2,2H3;1H3,(H,3,4)/p-1. The van der Waals surface area contributed by atoms with Gasteiger partial charge in [-0.15, -0.1) is 12.3 Å². The second kappa shape index (κ2) is 15.3. The minimum atomic E-state index is -1.50. The highest BCUT2D eigenvalue weighted by atomic mass is 16.6. The van der Waals surface area contributed by atoms with Crippen molar-refractivity contribution in [2.75, 3.05) is 7.11 Å². The van der Waals surface area contributed by atoms with Gasteiger partial charge in [-0.1, -0.05) is 39.0 Å². The summed E-state index contributed by atoms with van der Waals surface area (Å²) in [7, 11) is 1.04. The van der Waals surface area contributed by atoms with Crippen LogP contribution in [-0.2, 0) is 4.74 Å². The molecule has 0 saturated heterocycles. The molecule has 3 heteroatoms. The number of hydrogen-bond donors (Lipinski definition) is 0. The highest BCUT2D eigenvalue weighted by Crippen LogP contribution is 2.05. The molecule has 15 heavy (non-hydrogen) atoms. The molecule has 0 N–H and O–H groups in total. The Hall–Kier alpha value is -1.17. The van der Waals surface area contributed by atoms with Gasteiger partial charge < -0.3 is 14.6 Å². The molecule has 3 nitrogen and oxygen atoms in total. The largest absolute Gasteiger partial charge is 0.553 e. The first-order valence-electron chi connectivity index (χ1n) is 5.37. The molecule has 0 radical (unpaired) electrons. The van der Waals surface area contributed by atoms with Crippen molar-refractivity contribution in [3.05, 3.63) is 0 Å². The molecule has 0 heterocycles. The summed E-state index contributed by atoms with van der Waals surface area (Å²) in [5.74, 6) is 2.66. The van der Waals surface area contributed by atoms with Gasteiger partial charge in [0.15, 0.2) is 0 Å². The first-order chi connectivity index (χ1) is 7.18. The van der Waals surface area contributed by atoms with Crippen LogP contribution in [0.15, 0.2) is 0 Å². The summed E-state index contributed by atoms with van der Waals surface area (Å²) >= 11 is 0. The van der Waals surface area contributed by atoms with E-state index in [0.717, 1.165) is 13.5 Å². The second-order valence-electron chi connectivity index (χ2n) is 3.18. The van der Waals surface area contributed by atoms with Gasteiger partial charge in [0.05, 0.1) is 0 Å². The van der Waals surface area contributed by atoms with Crippen molar-refractivity contribution in [2.45, 2.75) is 51.9 Å². The van der Waals surface area contributed by atoms with E-state index in [1.165, 1.54) is 38.5 Å². The van der Waals surface area contributed by atoms with Crippen LogP contribution in [0.2, 0.25) is 0 Å². The van der Waals surface area contributed by atoms with Gasteiger partial charge in [-0.05, 0) is 6.42 Å². The minimum Gasteiger partial charge on any atom is -0.553 e. The Bertz CT molecular complexity index is 170. The van der Waals surface area contributed by atoms with Gasteiger partial charge in [0.2, 0.25) is 0 Å². The monoisotopic (exact) mass is 213 g/mol. The normalized spacial score (nSPS) is 8.33. The fraction of sp³-hybridized carbons (Fsp3) is 0.750. The average Bonchev–Trinajstić information content (AvgIpc) is 2.24. The molecule has 0 aliphatic heterocycles. The molecule has 0 aliphatic rings. The number of methoxy groups -OCH3 is 1. The maximum Gasteiger partial charge on any atom is 0.251 e. The molecule has 0 saturated carbocycles. The van der Waals surface area contributed by atoms with Crippen LogP contribution >= 0.6 is 0 Å². The van der Waals surface area contributed by atoms with Gasteiger partial charge in [0.1, 0.15) is 0 Å². The highest BCUT2D eigenvalue weighted by molar-refractivity contribution is 5.53. The predicted octanol–water partition coefficient (Wildman–Crippen LogP) is 2.35. The molecule has 0 bridgehead atoms. The Labute approximate surface area is 92.8 Å². The molecule has 0 rings (SSSR count). The van der Waals surface area contributed by atoms with Gasteiger partial charge in [0.25, 0.3) is 6.16 Å². The molecule has 0 atom stereocenters. The van der Waals surface area contributed by atoms with Crippen molar-refractivity contribution in [1.82, 2.24) is 0 Å². The fourth-order valence-electron chi connectivity index (χ4n) is 1.01. The van der Waals surface area contributed by atoms with Crippen LogP contribution in [0.25, 0.3) is 0 Å². The predicted molar refractivity (Wildman–Crippen MR) is 59.2 cm³/mol. The van der Waals surface area contributed by atoms with Crippen molar-refractivity contribution < 1.29 is 14.6 Å². The lowest BCUT2D eigenvalue weighted by atomic mass is 10.1. The van der Waals surface area contributed by atoms with E-state index in [1.54, 1.807) is 0 Å². The summed E-state index contributed by atoms with van der Waals surface area (Å²) in [5, 5.41) is 9.03. The SMILES string of the molecule is C#CCCCCCCCC.COC(=O)[O-]. The Balaban J connectivity index is 0. The van der Waals surface area contributed by atoms with Crippen LogP contribution in [0.3, 0.4) is 0 Å². The summed E-state index contributed by atoms with van der Waals surface area (Å²) in [6, 6.07) is 0. The van der Waals surface area contributed by atoms with E-state index in [1.807, 2.05) is 0 Å². The van der Waals surface area contributed by atoms with Crippen LogP contribution in [-0.4, -0.2) is 13.3 Å². The highest BCUT2D eigenvalue weighted by Gasteiger charge is 1.86. The Morgan fingerprint density at radius 1 is 1.27 bits per heavy atom. The zero-order valence-electron chi connectivity index (χ0n) is 9.75. The molecular weight excluding hydrogens is 192 g/mol. The van der Waals surface area contributed by atoms with E-state index in [9.17, 15) is 0 Å². The lowest BCUT2D eigenvalue weighted by Gasteiger charge is -1.95. The summed E-state index contributed by atoms with van der Waals surface area (Å²) < 4.78 is 3.56. The molecule has 0 spiro atoms. The van der Waals surface area contributed by atoms with Crippen LogP contribution in [0.1, 0.15) is 51.9 Å². The third kappa shape index (κ3) is 24.5. The summed E-state index contributed by atoms with van der Waals surface area (Å²) in [6.45, 7) is 2.24. The molecule has 0 aromatic carbocycles. The minimum absolute atomic E-state index is 0.964.